The third kappa shape index (κ3) is 2.25. The van der Waals surface area contributed by atoms with Crippen molar-refractivity contribution in [2.45, 2.75) is 84.2 Å². The van der Waals surface area contributed by atoms with Crippen LogP contribution in [0.25, 0.3) is 0 Å². The van der Waals surface area contributed by atoms with Gasteiger partial charge in [0.1, 0.15) is 6.10 Å². The lowest BCUT2D eigenvalue weighted by atomic mass is 9.45. The first-order valence-electron chi connectivity index (χ1n) is 9.85. The largest absolute Gasteiger partial charge is 0.506 e. The molecule has 0 saturated heterocycles. The molecule has 3 heteroatoms. The van der Waals surface area contributed by atoms with Crippen molar-refractivity contribution < 1.29 is 14.6 Å². The van der Waals surface area contributed by atoms with Crippen LogP contribution < -0.4 is 0 Å². The SMILES string of the molecule is C[C@]12CCCCC1CC[C@@H]1[C@@H]2CC[C@]2(C)C(OC(=O)O)CC[C@@H]12. The molecule has 0 amide bonds. The lowest BCUT2D eigenvalue weighted by Crippen LogP contribution is -2.53. The summed E-state index contributed by atoms with van der Waals surface area (Å²) in [5, 5.41) is 9.08. The first kappa shape index (κ1) is 15.8. The highest BCUT2D eigenvalue weighted by Gasteiger charge is 2.60. The fraction of sp³-hybridized carbons (Fsp3) is 0.950. The van der Waals surface area contributed by atoms with Crippen molar-refractivity contribution in [3.8, 4) is 0 Å². The summed E-state index contributed by atoms with van der Waals surface area (Å²) in [6.45, 7) is 4.92. The molecule has 4 rings (SSSR count). The van der Waals surface area contributed by atoms with Crippen molar-refractivity contribution >= 4 is 6.16 Å². The fourth-order valence-corrected chi connectivity index (χ4v) is 7.56. The Hall–Kier alpha value is -0.730. The van der Waals surface area contributed by atoms with Gasteiger partial charge in [0, 0.05) is 5.41 Å². The molecule has 4 aliphatic rings. The van der Waals surface area contributed by atoms with Gasteiger partial charge in [-0.25, -0.2) is 4.79 Å². The van der Waals surface area contributed by atoms with Gasteiger partial charge >= 0.3 is 6.16 Å². The van der Waals surface area contributed by atoms with Crippen LogP contribution in [0.4, 0.5) is 4.79 Å². The zero-order chi connectivity index (χ0) is 16.2. The molecule has 0 aromatic rings. The van der Waals surface area contributed by atoms with E-state index in [-0.39, 0.29) is 11.5 Å². The van der Waals surface area contributed by atoms with Crippen molar-refractivity contribution in [3.63, 3.8) is 0 Å². The number of hydrogen-bond acceptors (Lipinski definition) is 2. The van der Waals surface area contributed by atoms with E-state index in [9.17, 15) is 4.79 Å². The van der Waals surface area contributed by atoms with E-state index in [1.165, 1.54) is 57.8 Å². The molecule has 130 valence electrons. The van der Waals surface area contributed by atoms with Crippen LogP contribution in [-0.2, 0) is 4.74 Å². The molecule has 4 fully saturated rings. The summed E-state index contributed by atoms with van der Waals surface area (Å²) in [5.74, 6) is 3.33. The molecule has 0 aromatic carbocycles. The van der Waals surface area contributed by atoms with Gasteiger partial charge in [-0.1, -0.05) is 26.7 Å². The molecule has 1 N–H and O–H groups in total. The van der Waals surface area contributed by atoms with Gasteiger partial charge in [0.05, 0.1) is 0 Å². The normalized spacial score (nSPS) is 52.2. The van der Waals surface area contributed by atoms with Gasteiger partial charge in [-0.2, -0.15) is 0 Å². The highest BCUT2D eigenvalue weighted by atomic mass is 16.7. The molecule has 0 spiro atoms. The molecule has 4 aliphatic carbocycles. The summed E-state index contributed by atoms with van der Waals surface area (Å²) in [5.41, 5.74) is 0.658. The van der Waals surface area contributed by atoms with E-state index in [0.29, 0.717) is 11.3 Å². The molecular formula is C20H32O3. The first-order chi connectivity index (χ1) is 10.9. The topological polar surface area (TPSA) is 46.5 Å². The van der Waals surface area contributed by atoms with E-state index < -0.39 is 6.16 Å². The van der Waals surface area contributed by atoms with Crippen LogP contribution in [-0.4, -0.2) is 17.4 Å². The predicted molar refractivity (Wildman–Crippen MR) is 89.2 cm³/mol. The lowest BCUT2D eigenvalue weighted by molar-refractivity contribution is -0.123. The Morgan fingerprint density at radius 1 is 0.913 bits per heavy atom. The van der Waals surface area contributed by atoms with Crippen molar-refractivity contribution in [2.75, 3.05) is 0 Å². The van der Waals surface area contributed by atoms with Gasteiger partial charge in [-0.05, 0) is 80.5 Å². The third-order valence-electron chi connectivity index (χ3n) is 8.74. The summed E-state index contributed by atoms with van der Waals surface area (Å²) >= 11 is 0. The third-order valence-corrected chi connectivity index (χ3v) is 8.74. The van der Waals surface area contributed by atoms with Crippen LogP contribution in [0.1, 0.15) is 78.1 Å². The number of hydrogen-bond donors (Lipinski definition) is 1. The minimum absolute atomic E-state index is 0.0668. The van der Waals surface area contributed by atoms with Crippen molar-refractivity contribution in [1.29, 1.82) is 0 Å². The number of carbonyl (C=O) groups is 1. The highest BCUT2D eigenvalue weighted by Crippen LogP contribution is 2.66. The van der Waals surface area contributed by atoms with Crippen molar-refractivity contribution in [3.05, 3.63) is 0 Å². The number of ether oxygens (including phenoxy) is 1. The summed E-state index contributed by atoms with van der Waals surface area (Å²) in [6.07, 6.45) is 12.0. The quantitative estimate of drug-likeness (QED) is 0.650. The number of carboxylic acid groups (broad SMARTS) is 1. The molecule has 0 aliphatic heterocycles. The van der Waals surface area contributed by atoms with Crippen LogP contribution >= 0.6 is 0 Å². The van der Waals surface area contributed by atoms with Crippen LogP contribution in [0.3, 0.4) is 0 Å². The molecule has 2 unspecified atom stereocenters. The molecular weight excluding hydrogens is 288 g/mol. The second kappa shape index (κ2) is 5.39. The van der Waals surface area contributed by atoms with Crippen LogP contribution in [0.2, 0.25) is 0 Å². The Bertz CT molecular complexity index is 489. The summed E-state index contributed by atoms with van der Waals surface area (Å²) in [7, 11) is 0. The minimum atomic E-state index is -1.08. The zero-order valence-electron chi connectivity index (χ0n) is 14.7. The van der Waals surface area contributed by atoms with Crippen molar-refractivity contribution in [1.82, 2.24) is 0 Å². The smallest absolute Gasteiger partial charge is 0.450 e. The van der Waals surface area contributed by atoms with Gasteiger partial charge in [0.15, 0.2) is 0 Å². The molecule has 0 bridgehead atoms. The maximum Gasteiger partial charge on any atom is 0.506 e. The second-order valence-electron chi connectivity index (χ2n) is 9.40. The molecule has 3 nitrogen and oxygen atoms in total. The van der Waals surface area contributed by atoms with Gasteiger partial charge in [0.2, 0.25) is 0 Å². The first-order valence-corrected chi connectivity index (χ1v) is 9.85. The van der Waals surface area contributed by atoms with Gasteiger partial charge in [-0.15, -0.1) is 0 Å². The van der Waals surface area contributed by atoms with E-state index >= 15 is 0 Å². The number of fused-ring (bicyclic) bond motifs is 5. The van der Waals surface area contributed by atoms with Crippen molar-refractivity contribution in [2.24, 2.45) is 34.5 Å². The van der Waals surface area contributed by atoms with E-state index in [4.69, 9.17) is 9.84 Å². The Balaban J connectivity index is 1.59. The van der Waals surface area contributed by atoms with Crippen LogP contribution in [0.5, 0.6) is 0 Å². The maximum absolute atomic E-state index is 11.1. The Kier molecular flexibility index (Phi) is 3.70. The zero-order valence-corrected chi connectivity index (χ0v) is 14.7. The Labute approximate surface area is 140 Å². The fourth-order valence-electron chi connectivity index (χ4n) is 7.56. The van der Waals surface area contributed by atoms with Gasteiger partial charge < -0.3 is 9.84 Å². The molecule has 0 heterocycles. The van der Waals surface area contributed by atoms with E-state index in [1.54, 1.807) is 0 Å². The van der Waals surface area contributed by atoms with E-state index in [2.05, 4.69) is 13.8 Å². The Morgan fingerprint density at radius 2 is 1.70 bits per heavy atom. The summed E-state index contributed by atoms with van der Waals surface area (Å²) in [6, 6.07) is 0. The predicted octanol–water partition coefficient (Wildman–Crippen LogP) is 5.48. The minimum Gasteiger partial charge on any atom is -0.450 e. The van der Waals surface area contributed by atoms with Gasteiger partial charge in [-0.3, -0.25) is 0 Å². The maximum atomic E-state index is 11.1. The molecule has 23 heavy (non-hydrogen) atoms. The average Bonchev–Trinajstić information content (AvgIpc) is 2.83. The molecule has 7 atom stereocenters. The Morgan fingerprint density at radius 3 is 2.48 bits per heavy atom. The monoisotopic (exact) mass is 320 g/mol. The summed E-state index contributed by atoms with van der Waals surface area (Å²) < 4.78 is 5.31. The molecule has 0 radical (unpaired) electrons. The lowest BCUT2D eigenvalue weighted by Gasteiger charge is -2.60. The van der Waals surface area contributed by atoms with E-state index in [0.717, 1.165) is 24.2 Å². The molecule has 4 saturated carbocycles. The summed E-state index contributed by atoms with van der Waals surface area (Å²) in [4.78, 5) is 11.1. The van der Waals surface area contributed by atoms with Gasteiger partial charge in [0.25, 0.3) is 0 Å². The molecule has 0 aromatic heterocycles. The standard InChI is InChI=1S/C20H32O3/c1-19-11-4-3-5-13(19)6-7-14-15-8-9-17(23-18(21)22)20(15,2)12-10-16(14)19/h13-17H,3-12H2,1-2H3,(H,21,22)/t13?,14-,15-,16-,17?,19-,20-/m0/s1. The van der Waals surface area contributed by atoms with Crippen LogP contribution in [0, 0.1) is 34.5 Å². The average molecular weight is 320 g/mol. The van der Waals surface area contributed by atoms with E-state index in [1.807, 2.05) is 0 Å². The highest BCUT2D eigenvalue weighted by molar-refractivity contribution is 5.57. The number of rotatable bonds is 1. The second-order valence-corrected chi connectivity index (χ2v) is 9.40. The van der Waals surface area contributed by atoms with Crippen LogP contribution in [0.15, 0.2) is 0 Å².